The number of piperidine rings is 1. The van der Waals surface area contributed by atoms with Crippen LogP contribution in [0.2, 0.25) is 0 Å². The molecular weight excluding hydrogens is 369 g/mol. The molecule has 0 unspecified atom stereocenters. The van der Waals surface area contributed by atoms with Crippen LogP contribution in [0.15, 0.2) is 36.5 Å². The van der Waals surface area contributed by atoms with Crippen molar-refractivity contribution in [1.82, 2.24) is 14.7 Å². The number of carbonyl (C=O) groups is 1. The van der Waals surface area contributed by atoms with Gasteiger partial charge in [0.1, 0.15) is 0 Å². The second-order valence-corrected chi connectivity index (χ2v) is 6.73. The third-order valence-corrected chi connectivity index (χ3v) is 5.21. The Labute approximate surface area is 170 Å². The van der Waals surface area contributed by atoms with Gasteiger partial charge in [-0.25, -0.2) is 0 Å². The Bertz CT molecular complexity index is 559. The van der Waals surface area contributed by atoms with Gasteiger partial charge in [-0.1, -0.05) is 43.7 Å². The summed E-state index contributed by atoms with van der Waals surface area (Å²) in [6, 6.07) is 10.5. The minimum atomic E-state index is 0. The third-order valence-electron chi connectivity index (χ3n) is 5.21. The Morgan fingerprint density at radius 3 is 2.38 bits per heavy atom. The fraction of sp³-hybridized carbons (Fsp3) is 0.550. The molecule has 2 aliphatic rings. The van der Waals surface area contributed by atoms with E-state index in [0.29, 0.717) is 5.91 Å². The summed E-state index contributed by atoms with van der Waals surface area (Å²) >= 11 is 0. The molecule has 0 saturated carbocycles. The molecule has 2 fully saturated rings. The average Bonchev–Trinajstić information content (AvgIpc) is 2.67. The molecule has 6 heteroatoms. The van der Waals surface area contributed by atoms with Crippen molar-refractivity contribution in [2.45, 2.75) is 32.2 Å². The number of nitrogens with zero attached hydrogens (tertiary/aromatic N) is 3. The maximum atomic E-state index is 12.9. The van der Waals surface area contributed by atoms with Gasteiger partial charge in [-0.05, 0) is 43.8 Å². The van der Waals surface area contributed by atoms with Gasteiger partial charge in [-0.3, -0.25) is 9.69 Å². The van der Waals surface area contributed by atoms with Gasteiger partial charge in [0.15, 0.2) is 0 Å². The van der Waals surface area contributed by atoms with Gasteiger partial charge in [0.2, 0.25) is 5.91 Å². The zero-order valence-electron chi connectivity index (χ0n) is 15.5. The normalized spacial score (nSPS) is 21.2. The zero-order valence-corrected chi connectivity index (χ0v) is 17.2. The minimum absolute atomic E-state index is 0. The molecule has 4 nitrogen and oxygen atoms in total. The minimum Gasteiger partial charge on any atom is -0.374 e. The van der Waals surface area contributed by atoms with Gasteiger partial charge < -0.3 is 9.80 Å². The molecular formula is C20H31Cl2N3O. The number of carbonyl (C=O) groups excluding carboxylic acids is 1. The van der Waals surface area contributed by atoms with Crippen LogP contribution in [0.5, 0.6) is 0 Å². The highest BCUT2D eigenvalue weighted by Gasteiger charge is 2.32. The molecule has 26 heavy (non-hydrogen) atoms. The van der Waals surface area contributed by atoms with Gasteiger partial charge >= 0.3 is 0 Å². The summed E-state index contributed by atoms with van der Waals surface area (Å²) in [6.07, 6.45) is 7.76. The molecule has 2 aliphatic heterocycles. The maximum absolute atomic E-state index is 12.9. The fourth-order valence-electron chi connectivity index (χ4n) is 3.71. The lowest BCUT2D eigenvalue weighted by Crippen LogP contribution is -2.55. The molecule has 3 rings (SSSR count). The van der Waals surface area contributed by atoms with Crippen molar-refractivity contribution in [2.75, 3.05) is 39.3 Å². The van der Waals surface area contributed by atoms with Crippen molar-refractivity contribution in [1.29, 1.82) is 0 Å². The summed E-state index contributed by atoms with van der Waals surface area (Å²) in [5, 5.41) is 0. The van der Waals surface area contributed by atoms with E-state index in [1.807, 2.05) is 6.07 Å². The standard InChI is InChI=1S/C20H29N3O.2ClH/c1-2-22-12-7-6-10-19(22)20(24)23-16-14-21(15-17-23)13-11-18-8-4-3-5-9-18;;/h3-5,8-9,11,13,19H,2,6-7,10,12,14-17H2,1H3;2*1H/t19-;;/m0../s1. The second-order valence-electron chi connectivity index (χ2n) is 6.73. The predicted octanol–water partition coefficient (Wildman–Crippen LogP) is 3.52. The van der Waals surface area contributed by atoms with Crippen molar-refractivity contribution in [3.8, 4) is 0 Å². The van der Waals surface area contributed by atoms with Crippen LogP contribution in [0.4, 0.5) is 0 Å². The molecule has 1 atom stereocenters. The highest BCUT2D eigenvalue weighted by molar-refractivity contribution is 5.85. The molecule has 2 saturated heterocycles. The molecule has 1 aromatic rings. The number of halogens is 2. The first kappa shape index (κ1) is 22.8. The number of piperazine rings is 1. The van der Waals surface area contributed by atoms with E-state index in [4.69, 9.17) is 0 Å². The number of hydrogen-bond acceptors (Lipinski definition) is 3. The van der Waals surface area contributed by atoms with Gasteiger partial charge in [-0.15, -0.1) is 24.8 Å². The Morgan fingerprint density at radius 1 is 1.04 bits per heavy atom. The van der Waals surface area contributed by atoms with E-state index in [-0.39, 0.29) is 30.9 Å². The topological polar surface area (TPSA) is 26.8 Å². The highest BCUT2D eigenvalue weighted by Crippen LogP contribution is 2.19. The van der Waals surface area contributed by atoms with Crippen LogP contribution in [-0.2, 0) is 4.79 Å². The summed E-state index contributed by atoms with van der Waals surface area (Å²) < 4.78 is 0. The highest BCUT2D eigenvalue weighted by atomic mass is 35.5. The molecule has 1 aromatic carbocycles. The van der Waals surface area contributed by atoms with Gasteiger partial charge in [-0.2, -0.15) is 0 Å². The molecule has 2 heterocycles. The van der Waals surface area contributed by atoms with E-state index >= 15 is 0 Å². The average molecular weight is 400 g/mol. The summed E-state index contributed by atoms with van der Waals surface area (Å²) in [7, 11) is 0. The first-order valence-corrected chi connectivity index (χ1v) is 9.28. The smallest absolute Gasteiger partial charge is 0.240 e. The number of benzene rings is 1. The third kappa shape index (κ3) is 5.90. The van der Waals surface area contributed by atoms with Crippen LogP contribution in [-0.4, -0.2) is 65.9 Å². The summed E-state index contributed by atoms with van der Waals surface area (Å²) in [5.41, 5.74) is 1.22. The Balaban J connectivity index is 0.00000169. The predicted molar refractivity (Wildman–Crippen MR) is 113 cm³/mol. The van der Waals surface area contributed by atoms with Crippen LogP contribution in [0.25, 0.3) is 6.08 Å². The lowest BCUT2D eigenvalue weighted by atomic mass is 10.0. The van der Waals surface area contributed by atoms with Crippen LogP contribution < -0.4 is 0 Å². The first-order valence-electron chi connectivity index (χ1n) is 9.28. The fourth-order valence-corrected chi connectivity index (χ4v) is 3.71. The summed E-state index contributed by atoms with van der Waals surface area (Å²) in [4.78, 5) is 19.6. The first-order chi connectivity index (χ1) is 11.8. The number of amides is 1. The van der Waals surface area contributed by atoms with Crippen LogP contribution in [0.1, 0.15) is 31.7 Å². The largest absolute Gasteiger partial charge is 0.374 e. The van der Waals surface area contributed by atoms with Crippen molar-refractivity contribution >= 4 is 36.8 Å². The van der Waals surface area contributed by atoms with Crippen LogP contribution in [0.3, 0.4) is 0 Å². The second kappa shape index (κ2) is 11.5. The van der Waals surface area contributed by atoms with Crippen molar-refractivity contribution < 1.29 is 4.79 Å². The quantitative estimate of drug-likeness (QED) is 0.774. The number of likely N-dealkylation sites (tertiary alicyclic amines) is 1. The molecule has 0 bridgehead atoms. The van der Waals surface area contributed by atoms with Crippen molar-refractivity contribution in [3.05, 3.63) is 42.1 Å². The molecule has 0 spiro atoms. The van der Waals surface area contributed by atoms with Crippen molar-refractivity contribution in [2.24, 2.45) is 0 Å². The lowest BCUT2D eigenvalue weighted by Gasteiger charge is -2.40. The van der Waals surface area contributed by atoms with Crippen LogP contribution in [0, 0.1) is 0 Å². The van der Waals surface area contributed by atoms with Gasteiger partial charge in [0.25, 0.3) is 0 Å². The van der Waals surface area contributed by atoms with E-state index in [0.717, 1.165) is 45.7 Å². The van der Waals surface area contributed by atoms with E-state index < -0.39 is 0 Å². The Morgan fingerprint density at radius 2 is 1.73 bits per heavy atom. The SMILES string of the molecule is CCN1CCCC[C@H]1C(=O)N1CCN(C=Cc2ccccc2)CC1.Cl.Cl. The van der Waals surface area contributed by atoms with E-state index in [9.17, 15) is 4.79 Å². The summed E-state index contributed by atoms with van der Waals surface area (Å²) in [5.74, 6) is 0.350. The molecule has 0 radical (unpaired) electrons. The molecule has 0 N–H and O–H groups in total. The molecule has 0 aliphatic carbocycles. The number of rotatable bonds is 4. The maximum Gasteiger partial charge on any atom is 0.240 e. The molecule has 0 aromatic heterocycles. The van der Waals surface area contributed by atoms with Gasteiger partial charge in [0.05, 0.1) is 6.04 Å². The van der Waals surface area contributed by atoms with Crippen LogP contribution >= 0.6 is 24.8 Å². The molecule has 1 amide bonds. The summed E-state index contributed by atoms with van der Waals surface area (Å²) in [6.45, 7) is 7.75. The number of hydrogen-bond donors (Lipinski definition) is 0. The van der Waals surface area contributed by atoms with E-state index in [1.54, 1.807) is 0 Å². The van der Waals surface area contributed by atoms with Gasteiger partial charge in [0, 0.05) is 26.2 Å². The van der Waals surface area contributed by atoms with E-state index in [1.165, 1.54) is 18.4 Å². The molecule has 146 valence electrons. The Kier molecular flexibility index (Phi) is 10.1. The van der Waals surface area contributed by atoms with Crippen molar-refractivity contribution in [3.63, 3.8) is 0 Å². The number of likely N-dealkylation sites (N-methyl/N-ethyl adjacent to an activating group) is 1. The van der Waals surface area contributed by atoms with E-state index in [2.05, 4.69) is 58.2 Å². The zero-order chi connectivity index (χ0) is 16.8. The Hall–Kier alpha value is -1.23. The monoisotopic (exact) mass is 399 g/mol. The lowest BCUT2D eigenvalue weighted by molar-refractivity contribution is -0.139.